The molecule has 0 amide bonds. The molecule has 0 saturated carbocycles. The molecule has 0 radical (unpaired) electrons. The zero-order valence-electron chi connectivity index (χ0n) is 66.6. The molecule has 2 unspecified atom stereocenters. The smallest absolute Gasteiger partial charge is 0.0715 e. The van der Waals surface area contributed by atoms with Crippen LogP contribution in [-0.2, 0) is 27.1 Å². The Morgan fingerprint density at radius 2 is 0.509 bits per heavy atom. The first kappa shape index (κ1) is 70.2. The number of hydrogen-bond acceptors (Lipinski definition) is 2. The third-order valence-corrected chi connectivity index (χ3v) is 26.0. The van der Waals surface area contributed by atoms with Crippen molar-refractivity contribution in [3.63, 3.8) is 0 Å². The van der Waals surface area contributed by atoms with E-state index in [0.29, 0.717) is 0 Å². The van der Waals surface area contributed by atoms with Crippen molar-refractivity contribution in [1.82, 2.24) is 0 Å². The molecule has 18 aromatic carbocycles. The maximum atomic E-state index is 4.21. The average Bonchev–Trinajstić information content (AvgIpc) is 1.54. The van der Waals surface area contributed by atoms with Crippen LogP contribution in [-0.4, -0.2) is 0 Å². The number of anilines is 6. The van der Waals surface area contributed by atoms with Crippen molar-refractivity contribution in [2.24, 2.45) is 0 Å². The lowest BCUT2D eigenvalue weighted by Gasteiger charge is -2.37. The van der Waals surface area contributed by atoms with E-state index in [0.717, 1.165) is 39.7 Å². The molecule has 0 bridgehead atoms. The van der Waals surface area contributed by atoms with Gasteiger partial charge in [-0.1, -0.05) is 375 Å². The van der Waals surface area contributed by atoms with Crippen LogP contribution < -0.4 is 9.80 Å². The van der Waals surface area contributed by atoms with E-state index in [2.05, 4.69) is 453 Å². The molecule has 3 aliphatic carbocycles. The minimum absolute atomic E-state index is 0.107. The maximum Gasteiger partial charge on any atom is 0.0715 e. The van der Waals surface area contributed by atoms with Gasteiger partial charge in [0.2, 0.25) is 0 Å². The highest BCUT2D eigenvalue weighted by atomic mass is 15.1. The van der Waals surface area contributed by atoms with Gasteiger partial charge in [0.25, 0.3) is 0 Å². The molecule has 2 nitrogen and oxygen atoms in total. The third-order valence-electron chi connectivity index (χ3n) is 26.0. The number of hydrogen-bond donors (Lipinski definition) is 0. The van der Waals surface area contributed by atoms with Crippen LogP contribution in [0.5, 0.6) is 0 Å². The summed E-state index contributed by atoms with van der Waals surface area (Å²) in [5, 5.41) is 9.72. The second-order valence-electron chi connectivity index (χ2n) is 34.4. The van der Waals surface area contributed by atoms with Crippen LogP contribution in [0.2, 0.25) is 0 Å². The summed E-state index contributed by atoms with van der Waals surface area (Å²) < 4.78 is 0. The van der Waals surface area contributed by atoms with Gasteiger partial charge < -0.3 is 9.80 Å². The molecule has 0 spiro atoms. The van der Waals surface area contributed by atoms with E-state index in [9.17, 15) is 0 Å². The lowest BCUT2D eigenvalue weighted by Crippen LogP contribution is -2.30. The molecule has 21 rings (SSSR count). The molecule has 116 heavy (non-hydrogen) atoms. The summed E-state index contributed by atoms with van der Waals surface area (Å²) in [6.45, 7) is 20.4. The SMILES string of the molecule is C=Cc1ccc(C2(c3ccccc3)c3ccccc3-c3ccc(N(c4ccc5c(c4)C(c4ccc(C(C)(C)C)cc4)(c4ccc(C(C)(C)C)cc4)c4cc(N(c6ccc7c(c6)C(c6ccccc6)(c6ccc(C)cc6)c6ccccc6-7)c6ccc7c(ccc8ccccc87)c6)ccc4-5)c4ccc5c(ccc6ccccc65)c4)cc32)cc1. The molecule has 2 atom stereocenters. The predicted molar refractivity (Wildman–Crippen MR) is 490 cm³/mol. The summed E-state index contributed by atoms with van der Waals surface area (Å²) in [6.07, 6.45) is 1.95. The van der Waals surface area contributed by atoms with Gasteiger partial charge in [-0.05, 0) is 250 Å². The van der Waals surface area contributed by atoms with Gasteiger partial charge >= 0.3 is 0 Å². The minimum atomic E-state index is -0.890. The summed E-state index contributed by atoms with van der Waals surface area (Å²) >= 11 is 0. The monoisotopic (exact) mass is 1480 g/mol. The molecule has 0 aliphatic heterocycles. The fourth-order valence-electron chi connectivity index (χ4n) is 20.4. The lowest BCUT2D eigenvalue weighted by molar-refractivity contribution is 0.588. The molecular weight excluding hydrogens is 1400 g/mol. The summed E-state index contributed by atoms with van der Waals surface area (Å²) in [6, 6.07) is 149. The molecule has 2 heteroatoms. The first-order valence-electron chi connectivity index (χ1n) is 41.0. The molecule has 3 aliphatic rings. The van der Waals surface area contributed by atoms with E-state index in [1.54, 1.807) is 0 Å². The van der Waals surface area contributed by atoms with Gasteiger partial charge in [0.15, 0.2) is 0 Å². The third kappa shape index (κ3) is 10.7. The Balaban J connectivity index is 0.836. The topological polar surface area (TPSA) is 6.48 Å². The van der Waals surface area contributed by atoms with Gasteiger partial charge in [-0.25, -0.2) is 0 Å². The van der Waals surface area contributed by atoms with Crippen LogP contribution in [0, 0.1) is 6.92 Å². The van der Waals surface area contributed by atoms with Crippen molar-refractivity contribution in [2.45, 2.75) is 75.5 Å². The van der Waals surface area contributed by atoms with Crippen molar-refractivity contribution in [2.75, 3.05) is 9.80 Å². The fraction of sp³-hybridized carbons (Fsp3) is 0.105. The van der Waals surface area contributed by atoms with Crippen LogP contribution >= 0.6 is 0 Å². The van der Waals surface area contributed by atoms with E-state index >= 15 is 0 Å². The van der Waals surface area contributed by atoms with Gasteiger partial charge in [-0.15, -0.1) is 0 Å². The number of nitrogens with zero attached hydrogens (tertiary/aromatic N) is 2. The largest absolute Gasteiger partial charge is 0.310 e. The number of fused-ring (bicyclic) bond motifs is 15. The molecule has 0 heterocycles. The molecule has 0 N–H and O–H groups in total. The molecule has 0 aromatic heterocycles. The van der Waals surface area contributed by atoms with Gasteiger partial charge in [0, 0.05) is 34.1 Å². The first-order chi connectivity index (χ1) is 56.6. The fourth-order valence-corrected chi connectivity index (χ4v) is 20.4. The van der Waals surface area contributed by atoms with Gasteiger partial charge in [-0.2, -0.15) is 0 Å². The Morgan fingerprint density at radius 1 is 0.233 bits per heavy atom. The van der Waals surface area contributed by atoms with Crippen molar-refractivity contribution >= 4 is 83.3 Å². The van der Waals surface area contributed by atoms with Gasteiger partial charge in [-0.3, -0.25) is 0 Å². The summed E-state index contributed by atoms with van der Waals surface area (Å²) in [5.74, 6) is 0. The van der Waals surface area contributed by atoms with Crippen LogP contribution in [0.4, 0.5) is 34.1 Å². The molecule has 0 fully saturated rings. The quantitative estimate of drug-likeness (QED) is 0.106. The van der Waals surface area contributed by atoms with E-state index < -0.39 is 16.2 Å². The summed E-state index contributed by atoms with van der Waals surface area (Å²) in [4.78, 5) is 5.12. The summed E-state index contributed by atoms with van der Waals surface area (Å²) in [7, 11) is 0. The Kier molecular flexibility index (Phi) is 16.2. The average molecular weight is 1490 g/mol. The molecule has 554 valence electrons. The number of benzene rings is 18. The van der Waals surface area contributed by atoms with E-state index in [4.69, 9.17) is 0 Å². The van der Waals surface area contributed by atoms with Crippen molar-refractivity contribution in [3.8, 4) is 33.4 Å². The van der Waals surface area contributed by atoms with Crippen LogP contribution in [0.15, 0.2) is 395 Å². The van der Waals surface area contributed by atoms with Gasteiger partial charge in [0.1, 0.15) is 0 Å². The van der Waals surface area contributed by atoms with Crippen LogP contribution in [0.3, 0.4) is 0 Å². The standard InChI is InChI=1S/C114H88N2/c1-9-75-38-46-85(47-39-75)113(83-28-14-11-15-29-83)105-35-23-21-33-99(105)101-65-59-91(71-107(101)113)116(89-57-63-97-79(69-89)43-41-77-25-17-19-31-95(77)97)93-61-67-103-102-66-60-92(72-108(102)114(109(103)73-93,86-52-48-80(49-53-86)110(3,4)5)87-54-50-81(51-55-87)111(6,7)8)115(88-56-62-96-78(68-88)42-40-76-24-16-18-30-94(76)96)90-58-64-100-98-32-20-22-34-104(98)112(106(100)70-90,82-26-12-10-13-27-82)84-44-36-74(2)37-45-84/h9-73H,1H2,2-8H3. The summed E-state index contributed by atoms with van der Waals surface area (Å²) in [5.41, 5.74) is 30.9. The predicted octanol–water partition coefficient (Wildman–Crippen LogP) is 29.9. The molecular formula is C114H88N2. The molecule has 18 aromatic rings. The van der Waals surface area contributed by atoms with E-state index in [-0.39, 0.29) is 10.8 Å². The van der Waals surface area contributed by atoms with Gasteiger partial charge in [0.05, 0.1) is 16.2 Å². The Morgan fingerprint density at radius 3 is 0.879 bits per heavy atom. The lowest BCUT2D eigenvalue weighted by atomic mass is 9.66. The first-order valence-corrected chi connectivity index (χ1v) is 41.0. The van der Waals surface area contributed by atoms with Crippen molar-refractivity contribution in [3.05, 3.63) is 484 Å². The Hall–Kier alpha value is -13.7. The van der Waals surface area contributed by atoms with Crippen LogP contribution in [0.25, 0.3) is 82.5 Å². The second kappa shape index (κ2) is 26.7. The van der Waals surface area contributed by atoms with Crippen LogP contribution in [0.1, 0.15) is 131 Å². The zero-order valence-corrected chi connectivity index (χ0v) is 66.6. The highest BCUT2D eigenvalue weighted by Crippen LogP contribution is 2.63. The minimum Gasteiger partial charge on any atom is -0.310 e. The van der Waals surface area contributed by atoms with E-state index in [1.165, 1.54) is 160 Å². The second-order valence-corrected chi connectivity index (χ2v) is 34.4. The Labute approximate surface area is 681 Å². The normalized spacial score (nSPS) is 15.5. The van der Waals surface area contributed by atoms with E-state index in [1.807, 2.05) is 6.08 Å². The van der Waals surface area contributed by atoms with Crippen molar-refractivity contribution < 1.29 is 0 Å². The zero-order chi connectivity index (χ0) is 78.4. The number of aryl methyl sites for hydroxylation is 1. The molecule has 0 saturated heterocycles. The maximum absolute atomic E-state index is 4.21. The Bertz CT molecular complexity index is 6900. The highest BCUT2D eigenvalue weighted by Gasteiger charge is 2.51. The number of rotatable bonds is 13. The highest BCUT2D eigenvalue weighted by molar-refractivity contribution is 6.10. The van der Waals surface area contributed by atoms with Crippen molar-refractivity contribution in [1.29, 1.82) is 0 Å².